The van der Waals surface area contributed by atoms with E-state index in [9.17, 15) is 13.2 Å². The van der Waals surface area contributed by atoms with E-state index in [-0.39, 0.29) is 24.7 Å². The zero-order chi connectivity index (χ0) is 18.0. The van der Waals surface area contributed by atoms with E-state index in [0.717, 1.165) is 0 Å². The fraction of sp³-hybridized carbons (Fsp3) is 0.533. The molecule has 10 heteroatoms. The van der Waals surface area contributed by atoms with E-state index >= 15 is 0 Å². The summed E-state index contributed by atoms with van der Waals surface area (Å²) in [7, 11) is -2.46. The Balaban J connectivity index is 1.62. The van der Waals surface area contributed by atoms with Gasteiger partial charge < -0.3 is 18.9 Å². The minimum absolute atomic E-state index is 0.108. The third-order valence-corrected chi connectivity index (χ3v) is 5.84. The van der Waals surface area contributed by atoms with Crippen LogP contribution >= 0.6 is 11.6 Å². The highest BCUT2D eigenvalue weighted by atomic mass is 35.5. The van der Waals surface area contributed by atoms with Gasteiger partial charge in [0, 0.05) is 5.02 Å². The van der Waals surface area contributed by atoms with E-state index in [1.54, 1.807) is 0 Å². The minimum atomic E-state index is -3.73. The van der Waals surface area contributed by atoms with Crippen LogP contribution in [0.1, 0.15) is 0 Å². The maximum atomic E-state index is 12.5. The summed E-state index contributed by atoms with van der Waals surface area (Å²) in [4.78, 5) is 11.3. The van der Waals surface area contributed by atoms with Crippen LogP contribution in [-0.4, -0.2) is 65.7 Å². The SMILES string of the molecule is COC(=O)CO[C@@H]1CO[C@H]2[C@@H]1OC[C@@H]2NS(=O)(=O)c1ccc(Cl)cc1. The summed E-state index contributed by atoms with van der Waals surface area (Å²) >= 11 is 5.78. The molecule has 1 aromatic rings. The molecule has 1 N–H and O–H groups in total. The minimum Gasteiger partial charge on any atom is -0.467 e. The summed E-state index contributed by atoms with van der Waals surface area (Å²) in [6, 6.07) is 5.32. The predicted molar refractivity (Wildman–Crippen MR) is 86.8 cm³/mol. The van der Waals surface area contributed by atoms with E-state index in [2.05, 4.69) is 9.46 Å². The molecule has 2 fully saturated rings. The lowest BCUT2D eigenvalue weighted by Crippen LogP contribution is -2.44. The molecule has 2 saturated heterocycles. The van der Waals surface area contributed by atoms with Gasteiger partial charge in [0.05, 0.1) is 31.3 Å². The van der Waals surface area contributed by atoms with Crippen LogP contribution in [0.5, 0.6) is 0 Å². The van der Waals surface area contributed by atoms with Crippen molar-refractivity contribution in [2.24, 2.45) is 0 Å². The van der Waals surface area contributed by atoms with E-state index in [0.29, 0.717) is 5.02 Å². The van der Waals surface area contributed by atoms with Crippen LogP contribution in [0.3, 0.4) is 0 Å². The summed E-state index contributed by atoms with van der Waals surface area (Å²) in [6.45, 7) is 0.157. The van der Waals surface area contributed by atoms with Gasteiger partial charge in [-0.1, -0.05) is 11.6 Å². The maximum absolute atomic E-state index is 12.5. The average molecular weight is 392 g/mol. The molecule has 3 rings (SSSR count). The van der Waals surface area contributed by atoms with Crippen molar-refractivity contribution in [3.8, 4) is 0 Å². The van der Waals surface area contributed by atoms with E-state index < -0.39 is 40.3 Å². The number of hydrogen-bond donors (Lipinski definition) is 1. The first-order valence-corrected chi connectivity index (χ1v) is 9.46. The molecule has 8 nitrogen and oxygen atoms in total. The van der Waals surface area contributed by atoms with Crippen molar-refractivity contribution in [2.75, 3.05) is 26.9 Å². The zero-order valence-corrected chi connectivity index (χ0v) is 15.0. The molecule has 2 aliphatic rings. The van der Waals surface area contributed by atoms with Crippen LogP contribution in [-0.2, 0) is 33.8 Å². The Bertz CT molecular complexity index is 724. The number of methoxy groups -OCH3 is 1. The monoisotopic (exact) mass is 391 g/mol. The number of sulfonamides is 1. The highest BCUT2D eigenvalue weighted by Gasteiger charge is 2.49. The molecule has 25 heavy (non-hydrogen) atoms. The molecule has 0 bridgehead atoms. The van der Waals surface area contributed by atoms with Gasteiger partial charge in [0.2, 0.25) is 10.0 Å². The van der Waals surface area contributed by atoms with Crippen LogP contribution in [0.25, 0.3) is 0 Å². The van der Waals surface area contributed by atoms with Gasteiger partial charge in [0.1, 0.15) is 24.9 Å². The first-order chi connectivity index (χ1) is 11.9. The molecular weight excluding hydrogens is 374 g/mol. The second-order valence-electron chi connectivity index (χ2n) is 5.70. The second-order valence-corrected chi connectivity index (χ2v) is 7.85. The quantitative estimate of drug-likeness (QED) is 0.698. The first-order valence-electron chi connectivity index (χ1n) is 7.60. The molecule has 0 aliphatic carbocycles. The molecule has 0 unspecified atom stereocenters. The highest BCUT2D eigenvalue weighted by Crippen LogP contribution is 2.29. The van der Waals surface area contributed by atoms with Crippen LogP contribution in [0.2, 0.25) is 5.02 Å². The van der Waals surface area contributed by atoms with Crippen molar-refractivity contribution in [1.82, 2.24) is 4.72 Å². The smallest absolute Gasteiger partial charge is 0.331 e. The van der Waals surface area contributed by atoms with Gasteiger partial charge in [0.15, 0.2) is 0 Å². The van der Waals surface area contributed by atoms with Gasteiger partial charge in [-0.3, -0.25) is 0 Å². The number of nitrogens with one attached hydrogen (secondary N) is 1. The number of carbonyl (C=O) groups excluding carboxylic acids is 1. The first kappa shape index (κ1) is 18.6. The Morgan fingerprint density at radius 1 is 1.24 bits per heavy atom. The number of ether oxygens (including phenoxy) is 4. The number of hydrogen-bond acceptors (Lipinski definition) is 7. The summed E-state index contributed by atoms with van der Waals surface area (Å²) in [5, 5.41) is 0.452. The van der Waals surface area contributed by atoms with Crippen molar-refractivity contribution in [2.45, 2.75) is 29.2 Å². The van der Waals surface area contributed by atoms with Gasteiger partial charge in [0.25, 0.3) is 0 Å². The molecule has 2 heterocycles. The van der Waals surface area contributed by atoms with Crippen LogP contribution in [0, 0.1) is 0 Å². The number of halogens is 1. The molecule has 2 aliphatic heterocycles. The lowest BCUT2D eigenvalue weighted by atomic mass is 10.1. The fourth-order valence-electron chi connectivity index (χ4n) is 2.82. The van der Waals surface area contributed by atoms with E-state index in [1.165, 1.54) is 31.4 Å². The van der Waals surface area contributed by atoms with Crippen molar-refractivity contribution >= 4 is 27.6 Å². The summed E-state index contributed by atoms with van der Waals surface area (Å²) in [5.74, 6) is -0.499. The number of carbonyl (C=O) groups is 1. The summed E-state index contributed by atoms with van der Waals surface area (Å²) in [5.41, 5.74) is 0. The normalized spacial score (nSPS) is 28.7. The molecular formula is C15H18ClNO7S. The average Bonchev–Trinajstić information content (AvgIpc) is 3.16. The predicted octanol–water partition coefficient (Wildman–Crippen LogP) is 0.343. The maximum Gasteiger partial charge on any atom is 0.331 e. The molecule has 0 saturated carbocycles. The van der Waals surface area contributed by atoms with Crippen molar-refractivity contribution in [1.29, 1.82) is 0 Å². The molecule has 0 amide bonds. The van der Waals surface area contributed by atoms with Crippen LogP contribution in [0.15, 0.2) is 29.2 Å². The third-order valence-electron chi connectivity index (χ3n) is 4.08. The van der Waals surface area contributed by atoms with Crippen LogP contribution in [0.4, 0.5) is 0 Å². The fourth-order valence-corrected chi connectivity index (χ4v) is 4.18. The largest absolute Gasteiger partial charge is 0.467 e. The highest BCUT2D eigenvalue weighted by molar-refractivity contribution is 7.89. The molecule has 0 radical (unpaired) electrons. The lowest BCUT2D eigenvalue weighted by molar-refractivity contribution is -0.150. The number of fused-ring (bicyclic) bond motifs is 1. The Labute approximate surface area is 150 Å². The summed E-state index contributed by atoms with van der Waals surface area (Å²) in [6.07, 6.45) is -1.37. The Morgan fingerprint density at radius 2 is 1.92 bits per heavy atom. The Morgan fingerprint density at radius 3 is 2.60 bits per heavy atom. The van der Waals surface area contributed by atoms with Gasteiger partial charge in [-0.25, -0.2) is 17.9 Å². The van der Waals surface area contributed by atoms with Gasteiger partial charge in [-0.15, -0.1) is 0 Å². The molecule has 138 valence electrons. The number of esters is 1. The number of benzene rings is 1. The zero-order valence-electron chi connectivity index (χ0n) is 13.4. The topological polar surface area (TPSA) is 100 Å². The lowest BCUT2D eigenvalue weighted by Gasteiger charge is -2.18. The molecule has 0 spiro atoms. The second kappa shape index (κ2) is 7.56. The van der Waals surface area contributed by atoms with Gasteiger partial charge >= 0.3 is 5.97 Å². The van der Waals surface area contributed by atoms with E-state index in [4.69, 9.17) is 25.8 Å². The number of rotatable bonds is 6. The van der Waals surface area contributed by atoms with Crippen molar-refractivity contribution < 1.29 is 32.2 Å². The molecule has 1 aromatic carbocycles. The van der Waals surface area contributed by atoms with E-state index in [1.807, 2.05) is 0 Å². The van der Waals surface area contributed by atoms with Crippen molar-refractivity contribution in [3.63, 3.8) is 0 Å². The van der Waals surface area contributed by atoms with Gasteiger partial charge in [-0.05, 0) is 24.3 Å². The van der Waals surface area contributed by atoms with Gasteiger partial charge in [-0.2, -0.15) is 0 Å². The van der Waals surface area contributed by atoms with Crippen LogP contribution < -0.4 is 4.72 Å². The van der Waals surface area contributed by atoms with Crippen molar-refractivity contribution in [3.05, 3.63) is 29.3 Å². The third kappa shape index (κ3) is 4.13. The Hall–Kier alpha value is -1.23. The standard InChI is InChI=1S/C15H18ClNO7S/c1-21-13(18)8-22-12-7-24-14-11(6-23-15(12)14)17-25(19,20)10-4-2-9(16)3-5-10/h2-5,11-12,14-15,17H,6-8H2,1H3/t11-,12+,14+,15+/m0/s1. The molecule has 4 atom stereocenters. The Kier molecular flexibility index (Phi) is 5.62. The molecule has 0 aromatic heterocycles. The summed E-state index contributed by atoms with van der Waals surface area (Å²) < 4.78 is 48.7.